The second-order valence-electron chi connectivity index (χ2n) is 3.92. The van der Waals surface area contributed by atoms with Gasteiger partial charge >= 0.3 is 0 Å². The highest BCUT2D eigenvalue weighted by molar-refractivity contribution is 6.04. The largest absolute Gasteiger partial charge is 0.494 e. The maximum absolute atomic E-state index is 12.7. The SMILES string of the molecule is CCOc1ccc(NC(=O)c2ccc(F)cc2)cc1. The molecule has 0 spiro atoms. The van der Waals surface area contributed by atoms with E-state index in [0.717, 1.165) is 5.75 Å². The first-order valence-electron chi connectivity index (χ1n) is 5.99. The van der Waals surface area contributed by atoms with E-state index in [1.807, 2.05) is 6.92 Å². The minimum Gasteiger partial charge on any atom is -0.494 e. The van der Waals surface area contributed by atoms with Gasteiger partial charge in [0.25, 0.3) is 5.91 Å². The number of halogens is 1. The number of carbonyl (C=O) groups is 1. The van der Waals surface area contributed by atoms with E-state index in [1.165, 1.54) is 24.3 Å². The minimum absolute atomic E-state index is 0.274. The molecule has 2 aromatic carbocycles. The fraction of sp³-hybridized carbons (Fsp3) is 0.133. The number of anilines is 1. The van der Waals surface area contributed by atoms with E-state index < -0.39 is 0 Å². The Morgan fingerprint density at radius 1 is 1.11 bits per heavy atom. The van der Waals surface area contributed by atoms with Gasteiger partial charge in [-0.15, -0.1) is 0 Å². The second-order valence-corrected chi connectivity index (χ2v) is 3.92. The highest BCUT2D eigenvalue weighted by Crippen LogP contribution is 2.16. The maximum atomic E-state index is 12.7. The molecule has 0 aliphatic heterocycles. The fourth-order valence-corrected chi connectivity index (χ4v) is 1.61. The Hall–Kier alpha value is -2.36. The predicted octanol–water partition coefficient (Wildman–Crippen LogP) is 3.48. The van der Waals surface area contributed by atoms with Gasteiger partial charge in [0.05, 0.1) is 6.61 Å². The van der Waals surface area contributed by atoms with Gasteiger partial charge in [-0.05, 0) is 55.5 Å². The Balaban J connectivity index is 2.04. The normalized spacial score (nSPS) is 10.0. The molecule has 0 aliphatic rings. The van der Waals surface area contributed by atoms with E-state index >= 15 is 0 Å². The van der Waals surface area contributed by atoms with Gasteiger partial charge in [-0.1, -0.05) is 0 Å². The lowest BCUT2D eigenvalue weighted by molar-refractivity contribution is 0.102. The number of benzene rings is 2. The van der Waals surface area contributed by atoms with Crippen LogP contribution in [0.4, 0.5) is 10.1 Å². The van der Waals surface area contributed by atoms with Crippen molar-refractivity contribution in [3.05, 3.63) is 59.9 Å². The molecular formula is C15H14FNO2. The molecule has 0 saturated carbocycles. The van der Waals surface area contributed by atoms with Gasteiger partial charge in [0.2, 0.25) is 0 Å². The quantitative estimate of drug-likeness (QED) is 0.912. The van der Waals surface area contributed by atoms with Crippen molar-refractivity contribution in [1.29, 1.82) is 0 Å². The zero-order valence-electron chi connectivity index (χ0n) is 10.5. The molecule has 0 atom stereocenters. The predicted molar refractivity (Wildman–Crippen MR) is 72.0 cm³/mol. The lowest BCUT2D eigenvalue weighted by atomic mass is 10.2. The number of rotatable bonds is 4. The molecule has 0 heterocycles. The zero-order chi connectivity index (χ0) is 13.7. The Kier molecular flexibility index (Phi) is 4.13. The van der Waals surface area contributed by atoms with Crippen LogP contribution in [-0.4, -0.2) is 12.5 Å². The van der Waals surface area contributed by atoms with Gasteiger partial charge in [0.1, 0.15) is 11.6 Å². The van der Waals surface area contributed by atoms with Crippen molar-refractivity contribution < 1.29 is 13.9 Å². The topological polar surface area (TPSA) is 38.3 Å². The van der Waals surface area contributed by atoms with Crippen LogP contribution in [0.5, 0.6) is 5.75 Å². The summed E-state index contributed by atoms with van der Waals surface area (Å²) in [5.74, 6) is 0.115. The van der Waals surface area contributed by atoms with Gasteiger partial charge in [-0.2, -0.15) is 0 Å². The molecule has 2 rings (SSSR count). The van der Waals surface area contributed by atoms with Crippen molar-refractivity contribution in [2.45, 2.75) is 6.92 Å². The summed E-state index contributed by atoms with van der Waals surface area (Å²) in [6.45, 7) is 2.51. The molecule has 0 fully saturated rings. The lowest BCUT2D eigenvalue weighted by Gasteiger charge is -2.07. The molecule has 3 nitrogen and oxygen atoms in total. The standard InChI is InChI=1S/C15H14FNO2/c1-2-19-14-9-7-13(8-10-14)17-15(18)11-3-5-12(16)6-4-11/h3-10H,2H2,1H3,(H,17,18). The average Bonchev–Trinajstić information content (AvgIpc) is 2.42. The van der Waals surface area contributed by atoms with Crippen molar-refractivity contribution in [2.75, 3.05) is 11.9 Å². The van der Waals surface area contributed by atoms with Crippen molar-refractivity contribution in [2.24, 2.45) is 0 Å². The van der Waals surface area contributed by atoms with E-state index in [-0.39, 0.29) is 11.7 Å². The minimum atomic E-state index is -0.363. The van der Waals surface area contributed by atoms with Crippen molar-refractivity contribution in [1.82, 2.24) is 0 Å². The monoisotopic (exact) mass is 259 g/mol. The van der Waals surface area contributed by atoms with Gasteiger partial charge in [-0.25, -0.2) is 4.39 Å². The van der Waals surface area contributed by atoms with Gasteiger partial charge in [-0.3, -0.25) is 4.79 Å². The molecule has 1 amide bonds. The molecule has 1 N–H and O–H groups in total. The van der Waals surface area contributed by atoms with Crippen LogP contribution < -0.4 is 10.1 Å². The van der Waals surface area contributed by atoms with Crippen LogP contribution in [0.1, 0.15) is 17.3 Å². The molecule has 0 aromatic heterocycles. The molecule has 19 heavy (non-hydrogen) atoms. The molecule has 0 aliphatic carbocycles. The first-order chi connectivity index (χ1) is 9.19. The molecule has 0 saturated heterocycles. The summed E-state index contributed by atoms with van der Waals surface area (Å²) < 4.78 is 18.1. The summed E-state index contributed by atoms with van der Waals surface area (Å²) in [6, 6.07) is 12.5. The number of nitrogens with one attached hydrogen (secondary N) is 1. The van der Waals surface area contributed by atoms with E-state index in [0.29, 0.717) is 17.9 Å². The maximum Gasteiger partial charge on any atom is 0.255 e. The third-order valence-electron chi connectivity index (χ3n) is 2.53. The third-order valence-corrected chi connectivity index (χ3v) is 2.53. The first kappa shape index (κ1) is 13.1. The molecule has 4 heteroatoms. The van der Waals surface area contributed by atoms with Crippen LogP contribution in [-0.2, 0) is 0 Å². The van der Waals surface area contributed by atoms with E-state index in [2.05, 4.69) is 5.32 Å². The van der Waals surface area contributed by atoms with Gasteiger partial charge in [0, 0.05) is 11.3 Å². The number of hydrogen-bond acceptors (Lipinski definition) is 2. The fourth-order valence-electron chi connectivity index (χ4n) is 1.61. The molecular weight excluding hydrogens is 245 g/mol. The summed E-state index contributed by atoms with van der Waals surface area (Å²) in [5.41, 5.74) is 1.08. The van der Waals surface area contributed by atoms with Crippen LogP contribution in [0.2, 0.25) is 0 Å². The summed E-state index contributed by atoms with van der Waals surface area (Å²) >= 11 is 0. The summed E-state index contributed by atoms with van der Waals surface area (Å²) in [7, 11) is 0. The van der Waals surface area contributed by atoms with Crippen LogP contribution in [0.25, 0.3) is 0 Å². The third kappa shape index (κ3) is 3.55. The molecule has 2 aromatic rings. The average molecular weight is 259 g/mol. The summed E-state index contributed by atoms with van der Waals surface area (Å²) in [5, 5.41) is 2.73. The van der Waals surface area contributed by atoms with Crippen LogP contribution in [0.15, 0.2) is 48.5 Å². The van der Waals surface area contributed by atoms with Crippen molar-refractivity contribution >= 4 is 11.6 Å². The Bertz CT molecular complexity index is 549. The summed E-state index contributed by atoms with van der Waals surface area (Å²) in [6.07, 6.45) is 0. The first-order valence-corrected chi connectivity index (χ1v) is 5.99. The molecule has 0 bridgehead atoms. The van der Waals surface area contributed by atoms with Crippen molar-refractivity contribution in [3.8, 4) is 5.75 Å². The molecule has 0 radical (unpaired) electrons. The van der Waals surface area contributed by atoms with Crippen LogP contribution in [0.3, 0.4) is 0 Å². The van der Waals surface area contributed by atoms with E-state index in [9.17, 15) is 9.18 Å². The van der Waals surface area contributed by atoms with Crippen LogP contribution in [0, 0.1) is 5.82 Å². The summed E-state index contributed by atoms with van der Waals surface area (Å²) in [4.78, 5) is 11.9. The highest BCUT2D eigenvalue weighted by Gasteiger charge is 2.06. The van der Waals surface area contributed by atoms with E-state index in [4.69, 9.17) is 4.74 Å². The number of ether oxygens (including phenoxy) is 1. The number of amides is 1. The van der Waals surface area contributed by atoms with Gasteiger partial charge in [0.15, 0.2) is 0 Å². The van der Waals surface area contributed by atoms with Crippen molar-refractivity contribution in [3.63, 3.8) is 0 Å². The van der Waals surface area contributed by atoms with E-state index in [1.54, 1.807) is 24.3 Å². The smallest absolute Gasteiger partial charge is 0.255 e. The second kappa shape index (κ2) is 6.00. The molecule has 98 valence electrons. The highest BCUT2D eigenvalue weighted by atomic mass is 19.1. The molecule has 0 unspecified atom stereocenters. The Morgan fingerprint density at radius 3 is 2.32 bits per heavy atom. The number of carbonyl (C=O) groups excluding carboxylic acids is 1. The zero-order valence-corrected chi connectivity index (χ0v) is 10.5. The Labute approximate surface area is 111 Å². The lowest BCUT2D eigenvalue weighted by Crippen LogP contribution is -2.11. The number of hydrogen-bond donors (Lipinski definition) is 1. The van der Waals surface area contributed by atoms with Crippen LogP contribution >= 0.6 is 0 Å². The van der Waals surface area contributed by atoms with Gasteiger partial charge < -0.3 is 10.1 Å². The Morgan fingerprint density at radius 2 is 1.74 bits per heavy atom.